The summed E-state index contributed by atoms with van der Waals surface area (Å²) in [5, 5.41) is 4.07. The average Bonchev–Trinajstić information content (AvgIpc) is 3.00. The maximum atomic E-state index is 14.3. The summed E-state index contributed by atoms with van der Waals surface area (Å²) in [6.07, 6.45) is 5.95. The molecule has 0 saturated carbocycles. The predicted molar refractivity (Wildman–Crippen MR) is 102 cm³/mol. The van der Waals surface area contributed by atoms with Gasteiger partial charge in [-0.1, -0.05) is 0 Å². The van der Waals surface area contributed by atoms with Gasteiger partial charge < -0.3 is 19.9 Å². The normalized spacial score (nSPS) is 22.7. The molecule has 2 aromatic rings. The van der Waals surface area contributed by atoms with Gasteiger partial charge in [0.2, 0.25) is 0 Å². The van der Waals surface area contributed by atoms with E-state index in [1.165, 1.54) is 17.7 Å². The number of aromatic nitrogens is 1. The smallest absolute Gasteiger partial charge is 0.125 e. The molecule has 5 nitrogen and oxygen atoms in total. The van der Waals surface area contributed by atoms with Gasteiger partial charge in [-0.15, -0.1) is 0 Å². The third-order valence-corrected chi connectivity index (χ3v) is 4.85. The maximum absolute atomic E-state index is 14.3. The SMILES string of the molecule is F/C1=C/C(N2CCc3c([nH]c4cc(F)ccc34)C2)=C\NC=NCCOCC1. The molecule has 0 fully saturated rings. The van der Waals surface area contributed by atoms with Gasteiger partial charge in [-0.3, -0.25) is 4.99 Å². The lowest BCUT2D eigenvalue weighted by molar-refractivity contribution is 0.141. The van der Waals surface area contributed by atoms with E-state index in [1.54, 1.807) is 18.6 Å². The van der Waals surface area contributed by atoms with Gasteiger partial charge >= 0.3 is 0 Å². The Morgan fingerprint density at radius 3 is 3.00 bits per heavy atom. The number of benzene rings is 1. The molecule has 0 unspecified atom stereocenters. The second-order valence-corrected chi connectivity index (χ2v) is 6.67. The Morgan fingerprint density at radius 1 is 1.15 bits per heavy atom. The number of hydrogen-bond acceptors (Lipinski definition) is 4. The van der Waals surface area contributed by atoms with Crippen LogP contribution in [0.1, 0.15) is 17.7 Å². The van der Waals surface area contributed by atoms with Gasteiger partial charge in [0.25, 0.3) is 0 Å². The van der Waals surface area contributed by atoms with Gasteiger partial charge in [-0.2, -0.15) is 0 Å². The third kappa shape index (κ3) is 4.03. The molecule has 0 atom stereocenters. The van der Waals surface area contributed by atoms with Gasteiger partial charge in [0, 0.05) is 35.8 Å². The minimum atomic E-state index is -0.254. The number of nitrogens with zero attached hydrogens (tertiary/aromatic N) is 2. The lowest BCUT2D eigenvalue weighted by Crippen LogP contribution is -2.30. The molecule has 1 aromatic heterocycles. The molecule has 0 radical (unpaired) electrons. The summed E-state index contributed by atoms with van der Waals surface area (Å²) in [6.45, 7) is 2.73. The zero-order valence-electron chi connectivity index (χ0n) is 15.0. The van der Waals surface area contributed by atoms with Crippen LogP contribution in [-0.4, -0.2) is 42.5 Å². The molecule has 27 heavy (non-hydrogen) atoms. The van der Waals surface area contributed by atoms with E-state index in [1.807, 2.05) is 6.07 Å². The summed E-state index contributed by atoms with van der Waals surface area (Å²) in [5.41, 5.74) is 3.80. The number of nitrogens with one attached hydrogen (secondary N) is 2. The van der Waals surface area contributed by atoms with Gasteiger partial charge in [0.1, 0.15) is 11.6 Å². The molecule has 0 saturated heterocycles. The number of aliphatic imine (C=N–C) groups is 1. The Labute approximate surface area is 156 Å². The molecule has 3 heterocycles. The lowest BCUT2D eigenvalue weighted by atomic mass is 10.0. The number of aromatic amines is 1. The van der Waals surface area contributed by atoms with Crippen molar-refractivity contribution in [2.24, 2.45) is 4.99 Å². The van der Waals surface area contributed by atoms with E-state index in [0.717, 1.165) is 35.3 Å². The van der Waals surface area contributed by atoms with Crippen molar-refractivity contribution >= 4 is 17.2 Å². The highest BCUT2D eigenvalue weighted by Gasteiger charge is 2.22. The minimum Gasteiger partial charge on any atom is -0.379 e. The second kappa shape index (κ2) is 7.92. The molecule has 0 bridgehead atoms. The molecule has 0 aliphatic carbocycles. The molecule has 2 aliphatic rings. The van der Waals surface area contributed by atoms with E-state index >= 15 is 0 Å². The molecular weight excluding hydrogens is 350 g/mol. The molecule has 4 rings (SSSR count). The minimum absolute atomic E-state index is 0.218. The second-order valence-electron chi connectivity index (χ2n) is 6.67. The molecule has 2 aliphatic heterocycles. The van der Waals surface area contributed by atoms with Crippen LogP contribution >= 0.6 is 0 Å². The summed E-state index contributed by atoms with van der Waals surface area (Å²) < 4.78 is 33.2. The average molecular weight is 372 g/mol. The van der Waals surface area contributed by atoms with Crippen LogP contribution < -0.4 is 5.32 Å². The number of fused-ring (bicyclic) bond motifs is 3. The molecule has 0 spiro atoms. The van der Waals surface area contributed by atoms with Gasteiger partial charge in [-0.05, 0) is 36.3 Å². The fraction of sp³-hybridized carbons (Fsp3) is 0.350. The van der Waals surface area contributed by atoms with Crippen LogP contribution in [0.4, 0.5) is 8.78 Å². The first-order valence-corrected chi connectivity index (χ1v) is 9.13. The van der Waals surface area contributed by atoms with Gasteiger partial charge in [0.05, 0.1) is 38.3 Å². The summed E-state index contributed by atoms with van der Waals surface area (Å²) in [6, 6.07) is 4.83. The third-order valence-electron chi connectivity index (χ3n) is 4.85. The van der Waals surface area contributed by atoms with Crippen molar-refractivity contribution in [1.29, 1.82) is 0 Å². The monoisotopic (exact) mass is 372 g/mol. The van der Waals surface area contributed by atoms with Crippen LogP contribution in [0.2, 0.25) is 0 Å². The van der Waals surface area contributed by atoms with Crippen LogP contribution in [0.3, 0.4) is 0 Å². The van der Waals surface area contributed by atoms with E-state index < -0.39 is 0 Å². The van der Waals surface area contributed by atoms with Crippen molar-refractivity contribution in [2.45, 2.75) is 19.4 Å². The van der Waals surface area contributed by atoms with E-state index in [9.17, 15) is 8.78 Å². The quantitative estimate of drug-likeness (QED) is 0.807. The highest BCUT2D eigenvalue weighted by Crippen LogP contribution is 2.30. The summed E-state index contributed by atoms with van der Waals surface area (Å²) in [5.74, 6) is -0.472. The number of hydrogen-bond donors (Lipinski definition) is 2. The number of H-pyrrole nitrogens is 1. The topological polar surface area (TPSA) is 52.7 Å². The van der Waals surface area contributed by atoms with E-state index in [2.05, 4.69) is 20.2 Å². The molecule has 1 aromatic carbocycles. The Balaban J connectivity index is 1.60. The Hall–Kier alpha value is -2.67. The van der Waals surface area contributed by atoms with E-state index in [4.69, 9.17) is 4.74 Å². The zero-order chi connectivity index (χ0) is 18.6. The molecule has 7 heteroatoms. The Bertz CT molecular complexity index is 916. The van der Waals surface area contributed by atoms with Crippen LogP contribution in [0.25, 0.3) is 10.9 Å². The first-order valence-electron chi connectivity index (χ1n) is 9.13. The van der Waals surface area contributed by atoms with Crippen molar-refractivity contribution in [3.63, 3.8) is 0 Å². The Kier molecular flexibility index (Phi) is 5.20. The standard InChI is InChI=1S/C20H22F2N4O/c21-14-1-2-17-18-3-6-26(12-20(18)25-19(17)10-14)16-9-15(22)4-7-27-8-5-23-13-24-11-16/h1-2,9-11,13,25H,3-8,12H2,(H,23,24)/b15-9+,16-11+. The number of halogens is 2. The fourth-order valence-electron chi connectivity index (χ4n) is 3.53. The van der Waals surface area contributed by atoms with Crippen molar-refractivity contribution < 1.29 is 13.5 Å². The van der Waals surface area contributed by atoms with Gasteiger partial charge in [-0.25, -0.2) is 8.78 Å². The number of rotatable bonds is 1. The van der Waals surface area contributed by atoms with Crippen LogP contribution in [0.5, 0.6) is 0 Å². The zero-order valence-corrected chi connectivity index (χ0v) is 15.0. The first-order chi connectivity index (χ1) is 13.2. The lowest BCUT2D eigenvalue weighted by Gasteiger charge is -2.30. The highest BCUT2D eigenvalue weighted by atomic mass is 19.1. The first kappa shape index (κ1) is 17.7. The Morgan fingerprint density at radius 2 is 2.07 bits per heavy atom. The largest absolute Gasteiger partial charge is 0.379 e. The summed E-state index contributed by atoms with van der Waals surface area (Å²) >= 11 is 0. The predicted octanol–water partition coefficient (Wildman–Crippen LogP) is 3.40. The number of allylic oxidation sites excluding steroid dienone is 1. The molecule has 142 valence electrons. The molecule has 2 N–H and O–H groups in total. The molecule has 0 amide bonds. The molecular formula is C20H22F2N4O. The van der Waals surface area contributed by atoms with E-state index in [-0.39, 0.29) is 18.1 Å². The maximum Gasteiger partial charge on any atom is 0.125 e. The van der Waals surface area contributed by atoms with Crippen LogP contribution in [0, 0.1) is 5.82 Å². The fourth-order valence-corrected chi connectivity index (χ4v) is 3.53. The van der Waals surface area contributed by atoms with Crippen molar-refractivity contribution in [2.75, 3.05) is 26.3 Å². The van der Waals surface area contributed by atoms with Crippen molar-refractivity contribution in [1.82, 2.24) is 15.2 Å². The van der Waals surface area contributed by atoms with Crippen molar-refractivity contribution in [3.05, 3.63) is 59.1 Å². The van der Waals surface area contributed by atoms with E-state index in [0.29, 0.717) is 26.3 Å². The summed E-state index contributed by atoms with van der Waals surface area (Å²) in [7, 11) is 0. The van der Waals surface area contributed by atoms with Crippen LogP contribution in [-0.2, 0) is 17.7 Å². The van der Waals surface area contributed by atoms with Gasteiger partial charge in [0.15, 0.2) is 0 Å². The summed E-state index contributed by atoms with van der Waals surface area (Å²) in [4.78, 5) is 9.61. The highest BCUT2D eigenvalue weighted by molar-refractivity contribution is 5.85. The van der Waals surface area contributed by atoms with Crippen LogP contribution in [0.15, 0.2) is 47.0 Å². The number of ether oxygens (including phenoxy) is 1. The van der Waals surface area contributed by atoms with Crippen molar-refractivity contribution in [3.8, 4) is 0 Å².